The zero-order valence-electron chi connectivity index (χ0n) is 18.7. The summed E-state index contributed by atoms with van der Waals surface area (Å²) >= 11 is 0. The van der Waals surface area contributed by atoms with E-state index in [0.717, 1.165) is 55.4 Å². The van der Waals surface area contributed by atoms with Crippen LogP contribution in [0.15, 0.2) is 17.1 Å². The van der Waals surface area contributed by atoms with Crippen LogP contribution in [0.5, 0.6) is 11.5 Å². The molecule has 0 aromatic heterocycles. The van der Waals surface area contributed by atoms with Crippen LogP contribution in [0.2, 0.25) is 0 Å². The molecule has 8 heteroatoms. The van der Waals surface area contributed by atoms with E-state index in [1.807, 2.05) is 18.7 Å². The van der Waals surface area contributed by atoms with E-state index in [2.05, 4.69) is 34.7 Å². The molecule has 2 aliphatic rings. The molecule has 0 aliphatic carbocycles. The minimum Gasteiger partial charge on any atom is -0.496 e. The Morgan fingerprint density at radius 1 is 1.33 bits per heavy atom. The highest BCUT2D eigenvalue weighted by molar-refractivity contribution is 14.0. The highest BCUT2D eigenvalue weighted by Crippen LogP contribution is 2.34. The average Bonchev–Trinajstić information content (AvgIpc) is 3.08. The van der Waals surface area contributed by atoms with Gasteiger partial charge in [-0.2, -0.15) is 0 Å². The Labute approximate surface area is 197 Å². The number of hydrogen-bond donors (Lipinski definition) is 2. The van der Waals surface area contributed by atoms with Crippen molar-refractivity contribution in [1.82, 2.24) is 15.5 Å². The summed E-state index contributed by atoms with van der Waals surface area (Å²) in [6.07, 6.45) is 2.97. The summed E-state index contributed by atoms with van der Waals surface area (Å²) in [5.74, 6) is 2.87. The topological polar surface area (TPSA) is 75.2 Å². The summed E-state index contributed by atoms with van der Waals surface area (Å²) < 4.78 is 11.5. The van der Waals surface area contributed by atoms with Gasteiger partial charge >= 0.3 is 0 Å². The molecule has 3 rings (SSSR count). The van der Waals surface area contributed by atoms with Crippen LogP contribution in [-0.4, -0.2) is 56.2 Å². The van der Waals surface area contributed by atoms with Crippen molar-refractivity contribution < 1.29 is 14.3 Å². The number of amides is 1. The van der Waals surface area contributed by atoms with E-state index >= 15 is 0 Å². The molecule has 168 valence electrons. The van der Waals surface area contributed by atoms with Crippen molar-refractivity contribution in [3.8, 4) is 11.5 Å². The quantitative estimate of drug-likeness (QED) is 0.348. The Hall–Kier alpha value is -1.71. The summed E-state index contributed by atoms with van der Waals surface area (Å²) in [4.78, 5) is 18.5. The summed E-state index contributed by atoms with van der Waals surface area (Å²) in [7, 11) is 3.47. The van der Waals surface area contributed by atoms with Crippen LogP contribution >= 0.6 is 24.0 Å². The number of ether oxygens (including phenoxy) is 2. The number of likely N-dealkylation sites (tertiary alicyclic amines) is 1. The lowest BCUT2D eigenvalue weighted by Gasteiger charge is -2.34. The van der Waals surface area contributed by atoms with Gasteiger partial charge in [0.2, 0.25) is 5.91 Å². The van der Waals surface area contributed by atoms with E-state index in [-0.39, 0.29) is 41.9 Å². The van der Waals surface area contributed by atoms with Crippen molar-refractivity contribution in [2.24, 2.45) is 10.9 Å². The maximum atomic E-state index is 12.2. The van der Waals surface area contributed by atoms with Gasteiger partial charge in [0.25, 0.3) is 0 Å². The fourth-order valence-electron chi connectivity index (χ4n) is 3.99. The number of guanidine groups is 1. The van der Waals surface area contributed by atoms with E-state index in [4.69, 9.17) is 9.47 Å². The monoisotopic (exact) mass is 530 g/mol. The largest absolute Gasteiger partial charge is 0.496 e. The summed E-state index contributed by atoms with van der Waals surface area (Å²) in [5, 5.41) is 6.88. The van der Waals surface area contributed by atoms with E-state index in [1.165, 1.54) is 5.56 Å². The molecule has 2 N–H and O–H groups in total. The number of benzene rings is 1. The van der Waals surface area contributed by atoms with Gasteiger partial charge in [0.05, 0.1) is 7.11 Å². The van der Waals surface area contributed by atoms with Gasteiger partial charge in [0.15, 0.2) is 5.96 Å². The molecule has 0 spiro atoms. The molecule has 1 amide bonds. The lowest BCUT2D eigenvalue weighted by Crippen LogP contribution is -2.50. The second-order valence-corrected chi connectivity index (χ2v) is 8.23. The number of hydrogen-bond acceptors (Lipinski definition) is 4. The predicted molar refractivity (Wildman–Crippen MR) is 130 cm³/mol. The van der Waals surface area contributed by atoms with Crippen LogP contribution in [-0.2, 0) is 17.8 Å². The third-order valence-corrected chi connectivity index (χ3v) is 5.61. The fraction of sp³-hybridized carbons (Fsp3) is 0.636. The number of nitrogens with zero attached hydrogens (tertiary/aromatic N) is 2. The molecule has 1 saturated heterocycles. The van der Waals surface area contributed by atoms with Crippen molar-refractivity contribution in [1.29, 1.82) is 0 Å². The molecule has 1 fully saturated rings. The van der Waals surface area contributed by atoms with Gasteiger partial charge in [-0.15, -0.1) is 24.0 Å². The first-order valence-electron chi connectivity index (χ1n) is 10.5. The second-order valence-electron chi connectivity index (χ2n) is 8.23. The number of carbonyl (C=O) groups excluding carboxylic acids is 1. The van der Waals surface area contributed by atoms with Gasteiger partial charge in [0, 0.05) is 56.2 Å². The Morgan fingerprint density at radius 3 is 2.63 bits per heavy atom. The third kappa shape index (κ3) is 5.92. The van der Waals surface area contributed by atoms with Crippen LogP contribution in [0.3, 0.4) is 0 Å². The van der Waals surface area contributed by atoms with Crippen molar-refractivity contribution in [2.75, 3.05) is 27.2 Å². The predicted octanol–water partition coefficient (Wildman–Crippen LogP) is 2.95. The van der Waals surface area contributed by atoms with Gasteiger partial charge in [0.1, 0.15) is 17.6 Å². The molecule has 2 aliphatic heterocycles. The molecular formula is C22H35IN4O3. The first kappa shape index (κ1) is 24.6. The third-order valence-electron chi connectivity index (χ3n) is 5.61. The van der Waals surface area contributed by atoms with Crippen LogP contribution in [0.4, 0.5) is 0 Å². The number of fused-ring (bicyclic) bond motifs is 1. The molecule has 0 saturated carbocycles. The van der Waals surface area contributed by atoms with Crippen LogP contribution in [0, 0.1) is 5.92 Å². The molecule has 1 unspecified atom stereocenters. The molecule has 1 atom stereocenters. The molecule has 1 aromatic rings. The zero-order chi connectivity index (χ0) is 21.0. The number of piperidine rings is 1. The smallest absolute Gasteiger partial charge is 0.225 e. The molecular weight excluding hydrogens is 495 g/mol. The minimum absolute atomic E-state index is 0. The van der Waals surface area contributed by atoms with E-state index < -0.39 is 0 Å². The Morgan fingerprint density at radius 2 is 2.03 bits per heavy atom. The number of aliphatic imine (C=N–C) groups is 1. The number of methoxy groups -OCH3 is 1. The van der Waals surface area contributed by atoms with Gasteiger partial charge in [-0.25, -0.2) is 0 Å². The van der Waals surface area contributed by atoms with Gasteiger partial charge < -0.3 is 25.0 Å². The van der Waals surface area contributed by atoms with E-state index in [1.54, 1.807) is 14.2 Å². The van der Waals surface area contributed by atoms with E-state index in [0.29, 0.717) is 12.6 Å². The van der Waals surface area contributed by atoms with Crippen molar-refractivity contribution in [3.63, 3.8) is 0 Å². The molecule has 0 radical (unpaired) electrons. The fourth-order valence-corrected chi connectivity index (χ4v) is 3.99. The normalized spacial score (nSPS) is 19.1. The SMILES string of the molecule is CN=C(NCc1cc2c(cc1OC)CC(C)O2)NC1CCN(C(=O)C(C)C)CC1.I. The number of carbonyl (C=O) groups is 1. The van der Waals surface area contributed by atoms with Crippen LogP contribution < -0.4 is 20.1 Å². The van der Waals surface area contributed by atoms with Gasteiger partial charge in [-0.1, -0.05) is 13.8 Å². The maximum Gasteiger partial charge on any atom is 0.225 e. The first-order chi connectivity index (χ1) is 13.9. The number of nitrogens with one attached hydrogen (secondary N) is 2. The molecule has 0 bridgehead atoms. The van der Waals surface area contributed by atoms with Gasteiger partial charge in [-0.05, 0) is 31.9 Å². The van der Waals surface area contributed by atoms with Crippen molar-refractivity contribution in [3.05, 3.63) is 23.3 Å². The zero-order valence-corrected chi connectivity index (χ0v) is 21.0. The molecule has 2 heterocycles. The van der Waals surface area contributed by atoms with Crippen LogP contribution in [0.25, 0.3) is 0 Å². The maximum absolute atomic E-state index is 12.2. The van der Waals surface area contributed by atoms with Gasteiger partial charge in [-0.3, -0.25) is 9.79 Å². The second kappa shape index (κ2) is 11.1. The highest BCUT2D eigenvalue weighted by Gasteiger charge is 2.25. The average molecular weight is 530 g/mol. The Kier molecular flexibility index (Phi) is 9.06. The standard InChI is InChI=1S/C22H34N4O3.HI/c1-14(2)21(27)26-8-6-18(7-9-26)25-22(23-4)24-13-17-12-20-16(10-15(3)29-20)11-19(17)28-5;/h11-12,14-15,18H,6-10,13H2,1-5H3,(H2,23,24,25);1H. The Balaban J connectivity index is 0.00000320. The van der Waals surface area contributed by atoms with Crippen molar-refractivity contribution in [2.45, 2.75) is 58.7 Å². The lowest BCUT2D eigenvalue weighted by molar-refractivity contribution is -0.135. The highest BCUT2D eigenvalue weighted by atomic mass is 127. The molecule has 1 aromatic carbocycles. The lowest BCUT2D eigenvalue weighted by atomic mass is 10.0. The molecule has 7 nitrogen and oxygen atoms in total. The number of rotatable bonds is 5. The Bertz CT molecular complexity index is 761. The van der Waals surface area contributed by atoms with Crippen molar-refractivity contribution >= 4 is 35.8 Å². The number of halogens is 1. The minimum atomic E-state index is 0. The van der Waals surface area contributed by atoms with E-state index in [9.17, 15) is 4.79 Å². The van der Waals surface area contributed by atoms with Crippen LogP contribution in [0.1, 0.15) is 44.7 Å². The molecule has 30 heavy (non-hydrogen) atoms. The summed E-state index contributed by atoms with van der Waals surface area (Å²) in [6.45, 7) is 8.17. The summed E-state index contributed by atoms with van der Waals surface area (Å²) in [6, 6.07) is 4.45. The first-order valence-corrected chi connectivity index (χ1v) is 10.5. The summed E-state index contributed by atoms with van der Waals surface area (Å²) in [5.41, 5.74) is 2.24.